The van der Waals surface area contributed by atoms with Crippen LogP contribution in [0.1, 0.15) is 5.56 Å². The van der Waals surface area contributed by atoms with Crippen LogP contribution in [0.15, 0.2) is 211 Å². The van der Waals surface area contributed by atoms with Crippen LogP contribution in [0.5, 0.6) is 0 Å². The van der Waals surface area contributed by atoms with Gasteiger partial charge in [0, 0.05) is 33.5 Å². The van der Waals surface area contributed by atoms with E-state index in [1.807, 2.05) is 12.1 Å². The Morgan fingerprint density at radius 3 is 1.42 bits per heavy atom. The Bertz CT molecular complexity index is 2650. The SMILES string of the molecule is Cc1c(-c2cccc(-c3ccc(N(c4ccc(-c5cccc(-c6ccccc6)c5)cc4)c4ccccc4-c4ccccc4)cc3)c2)oc2ccccc12. The molecule has 0 aliphatic heterocycles. The van der Waals surface area contributed by atoms with E-state index in [-0.39, 0.29) is 0 Å². The van der Waals surface area contributed by atoms with E-state index in [9.17, 15) is 0 Å². The fraction of sp³-hybridized carbons (Fsp3) is 0.0196. The minimum absolute atomic E-state index is 0.916. The molecule has 1 aromatic heterocycles. The van der Waals surface area contributed by atoms with Crippen LogP contribution >= 0.6 is 0 Å². The van der Waals surface area contributed by atoms with Crippen molar-refractivity contribution in [2.75, 3.05) is 4.90 Å². The van der Waals surface area contributed by atoms with Gasteiger partial charge >= 0.3 is 0 Å². The van der Waals surface area contributed by atoms with Gasteiger partial charge in [-0.2, -0.15) is 0 Å². The molecule has 1 heterocycles. The van der Waals surface area contributed by atoms with Gasteiger partial charge in [0.05, 0.1) is 5.69 Å². The lowest BCUT2D eigenvalue weighted by Crippen LogP contribution is -2.11. The van der Waals surface area contributed by atoms with E-state index in [2.05, 4.69) is 206 Å². The van der Waals surface area contributed by atoms with Crippen molar-refractivity contribution in [3.8, 4) is 55.8 Å². The molecule has 0 aliphatic rings. The van der Waals surface area contributed by atoms with Crippen molar-refractivity contribution in [2.45, 2.75) is 6.92 Å². The predicted octanol–water partition coefficient (Wildman–Crippen LogP) is 14.5. The number of hydrogen-bond acceptors (Lipinski definition) is 2. The van der Waals surface area contributed by atoms with Crippen molar-refractivity contribution < 1.29 is 4.42 Å². The number of fused-ring (bicyclic) bond motifs is 1. The molecule has 8 aromatic carbocycles. The number of hydrogen-bond donors (Lipinski definition) is 0. The summed E-state index contributed by atoms with van der Waals surface area (Å²) in [6.45, 7) is 2.14. The topological polar surface area (TPSA) is 16.4 Å². The van der Waals surface area contributed by atoms with Gasteiger partial charge in [0.1, 0.15) is 11.3 Å². The Labute approximate surface area is 310 Å². The summed E-state index contributed by atoms with van der Waals surface area (Å²) in [6.07, 6.45) is 0. The largest absolute Gasteiger partial charge is 0.456 e. The predicted molar refractivity (Wildman–Crippen MR) is 223 cm³/mol. The molecular formula is C51H37NO. The lowest BCUT2D eigenvalue weighted by atomic mass is 9.98. The molecule has 0 saturated heterocycles. The second-order valence-electron chi connectivity index (χ2n) is 13.4. The zero-order valence-corrected chi connectivity index (χ0v) is 29.5. The average molecular weight is 680 g/mol. The van der Waals surface area contributed by atoms with Gasteiger partial charge in [-0.05, 0) is 94.4 Å². The van der Waals surface area contributed by atoms with E-state index in [0.717, 1.165) is 56.0 Å². The van der Waals surface area contributed by atoms with Gasteiger partial charge in [-0.25, -0.2) is 0 Å². The van der Waals surface area contributed by atoms with Crippen molar-refractivity contribution >= 4 is 28.0 Å². The number of nitrogens with zero attached hydrogens (tertiary/aromatic N) is 1. The minimum Gasteiger partial charge on any atom is -0.456 e. The molecule has 0 spiro atoms. The molecule has 9 rings (SSSR count). The maximum atomic E-state index is 6.33. The molecule has 0 bridgehead atoms. The highest BCUT2D eigenvalue weighted by Gasteiger charge is 2.18. The van der Waals surface area contributed by atoms with Crippen LogP contribution in [0.25, 0.3) is 66.8 Å². The third kappa shape index (κ3) is 6.32. The number of anilines is 3. The molecule has 0 N–H and O–H groups in total. The van der Waals surface area contributed by atoms with Gasteiger partial charge in [0.15, 0.2) is 0 Å². The fourth-order valence-corrected chi connectivity index (χ4v) is 7.36. The highest BCUT2D eigenvalue weighted by Crippen LogP contribution is 2.42. The van der Waals surface area contributed by atoms with Crippen LogP contribution in [-0.4, -0.2) is 0 Å². The van der Waals surface area contributed by atoms with E-state index in [1.54, 1.807) is 0 Å². The average Bonchev–Trinajstić information content (AvgIpc) is 3.58. The highest BCUT2D eigenvalue weighted by atomic mass is 16.3. The van der Waals surface area contributed by atoms with Crippen molar-refractivity contribution in [3.63, 3.8) is 0 Å². The zero-order chi connectivity index (χ0) is 35.6. The Morgan fingerprint density at radius 1 is 0.358 bits per heavy atom. The van der Waals surface area contributed by atoms with Crippen LogP contribution in [0.3, 0.4) is 0 Å². The first kappa shape index (κ1) is 32.0. The molecule has 9 aromatic rings. The summed E-state index contributed by atoms with van der Waals surface area (Å²) in [6, 6.07) is 73.4. The Kier molecular flexibility index (Phi) is 8.47. The van der Waals surface area contributed by atoms with E-state index < -0.39 is 0 Å². The molecule has 0 atom stereocenters. The molecule has 0 unspecified atom stereocenters. The quantitative estimate of drug-likeness (QED) is 0.159. The maximum Gasteiger partial charge on any atom is 0.138 e. The number of furan rings is 1. The first-order chi connectivity index (χ1) is 26.2. The van der Waals surface area contributed by atoms with Gasteiger partial charge in [-0.3, -0.25) is 0 Å². The molecule has 252 valence electrons. The lowest BCUT2D eigenvalue weighted by Gasteiger charge is -2.28. The molecule has 0 aliphatic carbocycles. The molecule has 0 saturated carbocycles. The Morgan fingerprint density at radius 2 is 0.811 bits per heavy atom. The summed E-state index contributed by atoms with van der Waals surface area (Å²) < 4.78 is 6.33. The Hall–Kier alpha value is -6.90. The summed E-state index contributed by atoms with van der Waals surface area (Å²) in [4.78, 5) is 2.37. The van der Waals surface area contributed by atoms with Gasteiger partial charge in [0.2, 0.25) is 0 Å². The van der Waals surface area contributed by atoms with Crippen LogP contribution < -0.4 is 4.90 Å². The summed E-state index contributed by atoms with van der Waals surface area (Å²) in [5, 5.41) is 1.15. The van der Waals surface area contributed by atoms with Crippen LogP contribution in [-0.2, 0) is 0 Å². The van der Waals surface area contributed by atoms with Crippen LogP contribution in [0.4, 0.5) is 17.1 Å². The summed E-state index contributed by atoms with van der Waals surface area (Å²) in [5.74, 6) is 0.920. The fourth-order valence-electron chi connectivity index (χ4n) is 7.36. The standard InChI is InChI=1S/C51H37NO/c1-36-47-22-9-11-25-50(47)53-51(36)44-21-13-20-43(35-44)39-28-32-46(33-29-39)52(49-24-10-8-23-48(49)40-16-6-3-7-17-40)45-30-26-38(27-31-45)42-19-12-18-41(34-42)37-14-4-2-5-15-37/h2-35H,1H3. The molecule has 0 amide bonds. The first-order valence-electron chi connectivity index (χ1n) is 18.1. The van der Waals surface area contributed by atoms with Crippen molar-refractivity contribution in [1.82, 2.24) is 0 Å². The highest BCUT2D eigenvalue weighted by molar-refractivity contribution is 5.90. The molecule has 2 nitrogen and oxygen atoms in total. The van der Waals surface area contributed by atoms with E-state index in [0.29, 0.717) is 0 Å². The van der Waals surface area contributed by atoms with Gasteiger partial charge in [-0.1, -0.05) is 158 Å². The van der Waals surface area contributed by atoms with Crippen LogP contribution in [0.2, 0.25) is 0 Å². The third-order valence-corrected chi connectivity index (χ3v) is 10.1. The first-order valence-corrected chi connectivity index (χ1v) is 18.1. The van der Waals surface area contributed by atoms with Crippen LogP contribution in [0, 0.1) is 6.92 Å². The zero-order valence-electron chi connectivity index (χ0n) is 29.5. The smallest absolute Gasteiger partial charge is 0.138 e. The van der Waals surface area contributed by atoms with E-state index in [4.69, 9.17) is 4.42 Å². The molecule has 53 heavy (non-hydrogen) atoms. The third-order valence-electron chi connectivity index (χ3n) is 10.1. The number of para-hydroxylation sites is 2. The van der Waals surface area contributed by atoms with Crippen molar-refractivity contribution in [3.05, 3.63) is 212 Å². The van der Waals surface area contributed by atoms with Gasteiger partial charge in [0.25, 0.3) is 0 Å². The second-order valence-corrected chi connectivity index (χ2v) is 13.4. The van der Waals surface area contributed by atoms with Gasteiger partial charge < -0.3 is 9.32 Å². The normalized spacial score (nSPS) is 11.1. The Balaban J connectivity index is 1.09. The van der Waals surface area contributed by atoms with Crippen molar-refractivity contribution in [2.24, 2.45) is 0 Å². The maximum absolute atomic E-state index is 6.33. The number of rotatable bonds is 8. The number of benzene rings is 8. The van der Waals surface area contributed by atoms with Crippen molar-refractivity contribution in [1.29, 1.82) is 0 Å². The molecule has 0 fully saturated rings. The molecular weight excluding hydrogens is 643 g/mol. The monoisotopic (exact) mass is 679 g/mol. The van der Waals surface area contributed by atoms with E-state index >= 15 is 0 Å². The summed E-state index contributed by atoms with van der Waals surface area (Å²) in [5.41, 5.74) is 15.9. The number of aryl methyl sites for hydroxylation is 1. The van der Waals surface area contributed by atoms with E-state index in [1.165, 1.54) is 33.4 Å². The van der Waals surface area contributed by atoms with Gasteiger partial charge in [-0.15, -0.1) is 0 Å². The molecule has 0 radical (unpaired) electrons. The molecule has 2 heteroatoms. The minimum atomic E-state index is 0.916. The lowest BCUT2D eigenvalue weighted by molar-refractivity contribution is 0.629. The summed E-state index contributed by atoms with van der Waals surface area (Å²) >= 11 is 0. The summed E-state index contributed by atoms with van der Waals surface area (Å²) in [7, 11) is 0. The second kappa shape index (κ2) is 14.0.